The highest BCUT2D eigenvalue weighted by Crippen LogP contribution is 2.36. The molecule has 0 unspecified atom stereocenters. The normalized spacial score (nSPS) is 13.8. The van der Waals surface area contributed by atoms with Crippen molar-refractivity contribution in [3.05, 3.63) is 98.1 Å². The van der Waals surface area contributed by atoms with E-state index in [1.54, 1.807) is 24.3 Å². The number of carbonyl (C=O) groups is 3. The number of benzene rings is 3. The van der Waals surface area contributed by atoms with Crippen LogP contribution in [0.1, 0.15) is 23.6 Å². The second kappa shape index (κ2) is 12.0. The lowest BCUT2D eigenvalue weighted by Gasteiger charge is -2.09. The number of ether oxygens (including phenoxy) is 4. The van der Waals surface area contributed by atoms with Crippen LogP contribution in [-0.4, -0.2) is 30.9 Å². The molecule has 0 saturated heterocycles. The molecule has 1 aliphatic rings. The number of methoxy groups -OCH3 is 1. The number of aliphatic imine (C=N–C) groups is 1. The van der Waals surface area contributed by atoms with Crippen molar-refractivity contribution in [2.75, 3.05) is 7.11 Å². The summed E-state index contributed by atoms with van der Waals surface area (Å²) in [5.74, 6) is -1.08. The topological polar surface area (TPSA) is 100 Å². The largest absolute Gasteiger partial charge is 0.493 e. The van der Waals surface area contributed by atoms with Gasteiger partial charge in [0.2, 0.25) is 5.90 Å². The number of rotatable bonds is 7. The molecule has 0 spiro atoms. The number of carbonyl (C=O) groups excluding carboxylic acids is 3. The fourth-order valence-electron chi connectivity index (χ4n) is 3.38. The van der Waals surface area contributed by atoms with E-state index >= 15 is 0 Å². The number of hydrogen-bond donors (Lipinski definition) is 0. The van der Waals surface area contributed by atoms with Gasteiger partial charge in [-0.2, -0.15) is 0 Å². The molecule has 0 atom stereocenters. The maximum Gasteiger partial charge on any atom is 0.363 e. The van der Waals surface area contributed by atoms with Gasteiger partial charge in [-0.05, 0) is 64.0 Å². The van der Waals surface area contributed by atoms with Crippen LogP contribution in [0.25, 0.3) is 12.2 Å². The maximum absolute atomic E-state index is 12.6. The predicted molar refractivity (Wildman–Crippen MR) is 148 cm³/mol. The lowest BCUT2D eigenvalue weighted by molar-refractivity contribution is -0.132. The molecule has 3 aromatic carbocycles. The summed E-state index contributed by atoms with van der Waals surface area (Å²) in [7, 11) is 1.42. The summed E-state index contributed by atoms with van der Waals surface area (Å²) < 4.78 is 22.5. The summed E-state index contributed by atoms with van der Waals surface area (Å²) in [5.41, 5.74) is 1.68. The summed E-state index contributed by atoms with van der Waals surface area (Å²) in [5, 5.41) is 0. The first-order valence-electron chi connectivity index (χ1n) is 11.1. The van der Waals surface area contributed by atoms with Crippen molar-refractivity contribution in [1.82, 2.24) is 0 Å². The van der Waals surface area contributed by atoms with Crippen LogP contribution in [0.4, 0.5) is 0 Å². The monoisotopic (exact) mass is 639 g/mol. The molecule has 0 amide bonds. The third-order valence-electron chi connectivity index (χ3n) is 5.03. The molecule has 0 radical (unpaired) electrons. The smallest absolute Gasteiger partial charge is 0.363 e. The van der Waals surface area contributed by atoms with E-state index in [1.165, 1.54) is 38.3 Å². The summed E-state index contributed by atoms with van der Waals surface area (Å²) in [6, 6.07) is 17.3. The Morgan fingerprint density at radius 1 is 0.974 bits per heavy atom. The van der Waals surface area contributed by atoms with Gasteiger partial charge in [0.1, 0.15) is 0 Å². The fraction of sp³-hybridized carbons (Fsp3) is 0.0714. The molecule has 4 rings (SSSR count). The van der Waals surface area contributed by atoms with Gasteiger partial charge in [0.15, 0.2) is 22.9 Å². The van der Waals surface area contributed by atoms with Crippen LogP contribution in [0.3, 0.4) is 0 Å². The van der Waals surface area contributed by atoms with E-state index in [2.05, 4.69) is 36.9 Å². The summed E-state index contributed by atoms with van der Waals surface area (Å²) >= 11 is 6.82. The van der Waals surface area contributed by atoms with Crippen LogP contribution in [0.15, 0.2) is 86.4 Å². The molecule has 1 heterocycles. The molecule has 0 aliphatic carbocycles. The molecule has 38 heavy (non-hydrogen) atoms. The number of cyclic esters (lactones) is 1. The quantitative estimate of drug-likeness (QED) is 0.175. The third kappa shape index (κ3) is 6.64. The zero-order chi connectivity index (χ0) is 27.2. The third-order valence-corrected chi connectivity index (χ3v) is 6.08. The molecule has 0 N–H and O–H groups in total. The summed E-state index contributed by atoms with van der Waals surface area (Å²) in [6.45, 7) is 1.28. The second-order valence-corrected chi connectivity index (χ2v) is 9.54. The van der Waals surface area contributed by atoms with E-state index in [1.807, 2.05) is 30.3 Å². The van der Waals surface area contributed by atoms with E-state index in [-0.39, 0.29) is 28.8 Å². The van der Waals surface area contributed by atoms with Crippen molar-refractivity contribution in [3.63, 3.8) is 0 Å². The van der Waals surface area contributed by atoms with E-state index < -0.39 is 17.9 Å². The summed E-state index contributed by atoms with van der Waals surface area (Å²) in [4.78, 5) is 40.8. The van der Waals surface area contributed by atoms with Gasteiger partial charge < -0.3 is 18.9 Å². The van der Waals surface area contributed by atoms with Crippen molar-refractivity contribution in [3.8, 4) is 17.2 Å². The minimum atomic E-state index is -0.694. The van der Waals surface area contributed by atoms with Crippen LogP contribution in [0.2, 0.25) is 0 Å². The van der Waals surface area contributed by atoms with Crippen LogP contribution in [0, 0.1) is 0 Å². The molecule has 0 aromatic heterocycles. The van der Waals surface area contributed by atoms with Gasteiger partial charge in [0, 0.05) is 28.6 Å². The summed E-state index contributed by atoms with van der Waals surface area (Å²) in [6.07, 6.45) is 4.41. The van der Waals surface area contributed by atoms with Crippen LogP contribution in [-0.2, 0) is 19.1 Å². The minimum absolute atomic E-state index is 0.00911. The van der Waals surface area contributed by atoms with Crippen molar-refractivity contribution in [1.29, 1.82) is 0 Å². The average molecular weight is 641 g/mol. The SMILES string of the molecule is COc1cc(C2=N/C(=C\c3cc(Br)cc(Br)c3OC(=O)/C=C/c3ccccc3)C(=O)O2)ccc1OC(C)=O. The Morgan fingerprint density at radius 2 is 1.74 bits per heavy atom. The molecule has 0 saturated carbocycles. The van der Waals surface area contributed by atoms with Gasteiger partial charge >= 0.3 is 17.9 Å². The van der Waals surface area contributed by atoms with Gasteiger partial charge in [0.25, 0.3) is 0 Å². The van der Waals surface area contributed by atoms with E-state index in [9.17, 15) is 14.4 Å². The first-order chi connectivity index (χ1) is 18.2. The fourth-order valence-corrected chi connectivity index (χ4v) is 4.72. The predicted octanol–water partition coefficient (Wildman–Crippen LogP) is 6.11. The highest BCUT2D eigenvalue weighted by atomic mass is 79.9. The molecule has 8 nitrogen and oxygen atoms in total. The molecule has 0 bridgehead atoms. The number of esters is 3. The Balaban J connectivity index is 1.63. The minimum Gasteiger partial charge on any atom is -0.493 e. The molecule has 0 fully saturated rings. The highest BCUT2D eigenvalue weighted by Gasteiger charge is 2.26. The zero-order valence-corrected chi connectivity index (χ0v) is 23.2. The molecular formula is C28H19Br2NO7. The van der Waals surface area contributed by atoms with Gasteiger partial charge in [-0.25, -0.2) is 14.6 Å². The maximum atomic E-state index is 12.6. The Labute approximate surface area is 234 Å². The van der Waals surface area contributed by atoms with Gasteiger partial charge in [-0.3, -0.25) is 4.79 Å². The Hall–Kier alpha value is -4.02. The molecule has 10 heteroatoms. The molecular weight excluding hydrogens is 622 g/mol. The molecule has 1 aliphatic heterocycles. The number of halogens is 2. The first-order valence-corrected chi connectivity index (χ1v) is 12.7. The first kappa shape index (κ1) is 27.0. The Morgan fingerprint density at radius 3 is 2.45 bits per heavy atom. The van der Waals surface area contributed by atoms with Crippen molar-refractivity contribution in [2.45, 2.75) is 6.92 Å². The van der Waals surface area contributed by atoms with Gasteiger partial charge in [-0.1, -0.05) is 46.3 Å². The zero-order valence-electron chi connectivity index (χ0n) is 20.1. The lowest BCUT2D eigenvalue weighted by Crippen LogP contribution is -2.07. The lowest BCUT2D eigenvalue weighted by atomic mass is 10.1. The molecule has 192 valence electrons. The van der Waals surface area contributed by atoms with Crippen molar-refractivity contribution < 1.29 is 33.3 Å². The van der Waals surface area contributed by atoms with Crippen molar-refractivity contribution in [2.24, 2.45) is 4.99 Å². The Bertz CT molecular complexity index is 1510. The van der Waals surface area contributed by atoms with Gasteiger partial charge in [0.05, 0.1) is 11.6 Å². The van der Waals surface area contributed by atoms with Crippen LogP contribution in [0.5, 0.6) is 17.2 Å². The van der Waals surface area contributed by atoms with Gasteiger partial charge in [-0.15, -0.1) is 0 Å². The van der Waals surface area contributed by atoms with E-state index in [0.717, 1.165) is 5.56 Å². The van der Waals surface area contributed by atoms with E-state index in [0.29, 0.717) is 20.1 Å². The van der Waals surface area contributed by atoms with Crippen molar-refractivity contribution >= 4 is 67.8 Å². The standard InChI is InChI=1S/C28H19Br2NO7/c1-16(32)36-23-10-9-18(14-24(23)35-2)27-31-22(28(34)38-27)13-19-12-20(29)15-21(30)26(19)37-25(33)11-8-17-6-4-3-5-7-17/h3-15H,1-2H3/b11-8+,22-13-. The number of hydrogen-bond acceptors (Lipinski definition) is 8. The molecule has 3 aromatic rings. The Kier molecular flexibility index (Phi) is 8.55. The average Bonchev–Trinajstić information content (AvgIpc) is 3.25. The number of nitrogens with zero attached hydrogens (tertiary/aromatic N) is 1. The van der Waals surface area contributed by atoms with E-state index in [4.69, 9.17) is 18.9 Å². The highest BCUT2D eigenvalue weighted by molar-refractivity contribution is 9.11. The van der Waals surface area contributed by atoms with Crippen LogP contribution < -0.4 is 14.2 Å². The second-order valence-electron chi connectivity index (χ2n) is 7.77. The van der Waals surface area contributed by atoms with Crippen LogP contribution >= 0.6 is 31.9 Å².